The number of benzene rings is 1. The van der Waals surface area contributed by atoms with E-state index in [0.29, 0.717) is 62.7 Å². The molecule has 2 fully saturated rings. The second kappa shape index (κ2) is 11.9. The minimum atomic E-state index is -4.95. The molecule has 2 saturated heterocycles. The Bertz CT molecular complexity index is 1540. The Hall–Kier alpha value is -4.04. The molecule has 14 heteroatoms. The van der Waals surface area contributed by atoms with Crippen LogP contribution in [0.5, 0.6) is 0 Å². The van der Waals surface area contributed by atoms with Crippen LogP contribution in [0.4, 0.5) is 34.9 Å². The van der Waals surface area contributed by atoms with Gasteiger partial charge < -0.3 is 24.4 Å². The molecule has 0 radical (unpaired) electrons. The minimum absolute atomic E-state index is 0.0688. The third-order valence-electron chi connectivity index (χ3n) is 8.06. The summed E-state index contributed by atoms with van der Waals surface area (Å²) in [6.45, 7) is 7.33. The molecule has 1 aromatic carbocycles. The summed E-state index contributed by atoms with van der Waals surface area (Å²) in [4.78, 5) is 40.2. The predicted octanol–water partition coefficient (Wildman–Crippen LogP) is 3.62. The van der Waals surface area contributed by atoms with E-state index in [1.807, 2.05) is 30.7 Å². The molecule has 2 aliphatic rings. The highest BCUT2D eigenvalue weighted by atomic mass is 19.4. The summed E-state index contributed by atoms with van der Waals surface area (Å²) < 4.78 is 63.5. The molecule has 4 heterocycles. The van der Waals surface area contributed by atoms with Crippen molar-refractivity contribution in [3.05, 3.63) is 64.1 Å². The molecule has 2 unspecified atom stereocenters. The average Bonchev–Trinajstić information content (AvgIpc) is 2.97. The fourth-order valence-electron chi connectivity index (χ4n) is 5.37. The lowest BCUT2D eigenvalue weighted by atomic mass is 10.0. The van der Waals surface area contributed by atoms with E-state index >= 15 is 4.39 Å². The number of aromatic nitrogens is 3. The number of likely N-dealkylation sites (N-methyl/N-ethyl adjacent to an activating group) is 1. The van der Waals surface area contributed by atoms with Gasteiger partial charge in [0.05, 0.1) is 35.7 Å². The number of nitrogens with zero attached hydrogens (tertiary/aromatic N) is 6. The number of anilines is 3. The fourth-order valence-corrected chi connectivity index (χ4v) is 5.37. The number of rotatable bonds is 5. The molecule has 0 aliphatic carbocycles. The monoisotopic (exact) mass is 603 g/mol. The van der Waals surface area contributed by atoms with Crippen LogP contribution >= 0.6 is 0 Å². The molecule has 2 aliphatic heterocycles. The Morgan fingerprint density at radius 1 is 1.00 bits per heavy atom. The number of piperazine rings is 1. The number of morpholine rings is 1. The van der Waals surface area contributed by atoms with Crippen molar-refractivity contribution in [3.63, 3.8) is 0 Å². The smallest absolute Gasteiger partial charge is 0.378 e. The van der Waals surface area contributed by atoms with Gasteiger partial charge in [0.1, 0.15) is 5.82 Å². The zero-order valence-electron chi connectivity index (χ0n) is 24.3. The molecule has 2 aromatic heterocycles. The number of pyridine rings is 1. The van der Waals surface area contributed by atoms with Gasteiger partial charge in [0, 0.05) is 81.1 Å². The first-order valence-electron chi connectivity index (χ1n) is 13.9. The van der Waals surface area contributed by atoms with Crippen molar-refractivity contribution < 1.29 is 27.1 Å². The molecule has 43 heavy (non-hydrogen) atoms. The topological polar surface area (TPSA) is 95.8 Å². The van der Waals surface area contributed by atoms with Gasteiger partial charge in [0.2, 0.25) is 5.95 Å². The van der Waals surface area contributed by atoms with E-state index in [0.717, 1.165) is 10.8 Å². The Morgan fingerprint density at radius 3 is 2.23 bits per heavy atom. The Labute approximate surface area is 245 Å². The third-order valence-corrected chi connectivity index (χ3v) is 8.06. The van der Waals surface area contributed by atoms with E-state index in [4.69, 9.17) is 4.74 Å². The first kappa shape index (κ1) is 30.4. The summed E-state index contributed by atoms with van der Waals surface area (Å²) in [7, 11) is 3.24. The quantitative estimate of drug-likeness (QED) is 0.442. The van der Waals surface area contributed by atoms with Gasteiger partial charge in [-0.05, 0) is 33.0 Å². The van der Waals surface area contributed by atoms with Crippen LogP contribution in [0, 0.1) is 5.82 Å². The number of nitrogens with one attached hydrogen (secondary N) is 1. The molecular formula is C29H33F4N7O3. The van der Waals surface area contributed by atoms with Gasteiger partial charge in [0.25, 0.3) is 11.5 Å². The number of ether oxygens (including phenoxy) is 1. The highest BCUT2D eigenvalue weighted by molar-refractivity contribution is 6.07. The molecule has 230 valence electrons. The predicted molar refractivity (Wildman–Crippen MR) is 154 cm³/mol. The van der Waals surface area contributed by atoms with E-state index in [1.54, 1.807) is 0 Å². The van der Waals surface area contributed by atoms with Crippen LogP contribution in [0.25, 0.3) is 11.1 Å². The molecule has 5 rings (SSSR count). The van der Waals surface area contributed by atoms with Gasteiger partial charge in [-0.15, -0.1) is 0 Å². The standard InChI is InChI=1S/C29H33F4N7O3/c1-17-14-40(15-18(2)38(17)4)25-11-23(30)20(19-12-34-28(35-13-19)39-5-7-43-8-6-39)9-24(25)36-27(42)21-16-37(3)26(41)10-22(21)29(31,32)33/h9-13,16-18H,5-8,14-15H2,1-4H3,(H,36,42). The lowest BCUT2D eigenvalue weighted by Gasteiger charge is -2.44. The van der Waals surface area contributed by atoms with Crippen LogP contribution in [0.2, 0.25) is 0 Å². The SMILES string of the molecule is CC1CN(c2cc(F)c(-c3cnc(N4CCOCC4)nc3)cc2NC(=O)c2cn(C)c(=O)cc2C(F)(F)F)CC(C)N1C. The van der Waals surface area contributed by atoms with E-state index in [-0.39, 0.29) is 23.3 Å². The lowest BCUT2D eigenvalue weighted by molar-refractivity contribution is -0.138. The highest BCUT2D eigenvalue weighted by Crippen LogP contribution is 2.37. The fraction of sp³-hybridized carbons (Fsp3) is 0.448. The van der Waals surface area contributed by atoms with Crippen LogP contribution in [-0.2, 0) is 18.0 Å². The van der Waals surface area contributed by atoms with Crippen LogP contribution in [0.15, 0.2) is 41.6 Å². The second-order valence-electron chi connectivity index (χ2n) is 11.0. The molecule has 0 bridgehead atoms. The van der Waals surface area contributed by atoms with Crippen molar-refractivity contribution in [3.8, 4) is 11.1 Å². The molecule has 3 aromatic rings. The summed E-state index contributed by atoms with van der Waals surface area (Å²) >= 11 is 0. The molecule has 2 atom stereocenters. The molecular weight excluding hydrogens is 570 g/mol. The highest BCUT2D eigenvalue weighted by Gasteiger charge is 2.37. The van der Waals surface area contributed by atoms with Crippen molar-refractivity contribution >= 4 is 23.2 Å². The van der Waals surface area contributed by atoms with E-state index in [1.165, 1.54) is 31.6 Å². The van der Waals surface area contributed by atoms with E-state index in [2.05, 4.69) is 20.2 Å². The number of hydrogen-bond donors (Lipinski definition) is 1. The second-order valence-corrected chi connectivity index (χ2v) is 11.0. The Morgan fingerprint density at radius 2 is 1.63 bits per heavy atom. The van der Waals surface area contributed by atoms with Crippen LogP contribution in [0.3, 0.4) is 0 Å². The van der Waals surface area contributed by atoms with Crippen molar-refractivity contribution in [2.45, 2.75) is 32.1 Å². The first-order chi connectivity index (χ1) is 20.3. The zero-order chi connectivity index (χ0) is 31.1. The summed E-state index contributed by atoms with van der Waals surface area (Å²) in [6.07, 6.45) is -1.16. The molecule has 1 amide bonds. The molecule has 0 saturated carbocycles. The van der Waals surface area contributed by atoms with Crippen molar-refractivity contribution in [2.75, 3.05) is 61.6 Å². The molecule has 10 nitrogen and oxygen atoms in total. The van der Waals surface area contributed by atoms with Crippen molar-refractivity contribution in [1.82, 2.24) is 19.4 Å². The molecule has 1 N–H and O–H groups in total. The average molecular weight is 604 g/mol. The van der Waals surface area contributed by atoms with Crippen molar-refractivity contribution in [2.24, 2.45) is 7.05 Å². The first-order valence-corrected chi connectivity index (χ1v) is 13.9. The summed E-state index contributed by atoms with van der Waals surface area (Å²) in [5, 5.41) is 2.59. The van der Waals surface area contributed by atoms with E-state index < -0.39 is 34.6 Å². The minimum Gasteiger partial charge on any atom is -0.378 e. The van der Waals surface area contributed by atoms with Gasteiger partial charge in [-0.2, -0.15) is 13.2 Å². The lowest BCUT2D eigenvalue weighted by Crippen LogP contribution is -2.55. The largest absolute Gasteiger partial charge is 0.417 e. The van der Waals surface area contributed by atoms with Crippen molar-refractivity contribution in [1.29, 1.82) is 0 Å². The number of carbonyl (C=O) groups is 1. The van der Waals surface area contributed by atoms with Gasteiger partial charge >= 0.3 is 6.18 Å². The van der Waals surface area contributed by atoms with Gasteiger partial charge in [-0.1, -0.05) is 0 Å². The Kier molecular flexibility index (Phi) is 8.43. The summed E-state index contributed by atoms with van der Waals surface area (Å²) in [6, 6.07) is 3.21. The Balaban J connectivity index is 1.56. The van der Waals surface area contributed by atoms with Crippen LogP contribution < -0.4 is 20.7 Å². The van der Waals surface area contributed by atoms with Gasteiger partial charge in [-0.25, -0.2) is 14.4 Å². The maximum absolute atomic E-state index is 15.8. The third kappa shape index (κ3) is 6.34. The molecule has 0 spiro atoms. The van der Waals surface area contributed by atoms with Gasteiger partial charge in [0.15, 0.2) is 0 Å². The van der Waals surface area contributed by atoms with Crippen LogP contribution in [-0.4, -0.2) is 83.9 Å². The zero-order valence-corrected chi connectivity index (χ0v) is 24.3. The van der Waals surface area contributed by atoms with Gasteiger partial charge in [-0.3, -0.25) is 14.5 Å². The number of aryl methyl sites for hydroxylation is 1. The normalized spacial score (nSPS) is 19.9. The maximum Gasteiger partial charge on any atom is 0.417 e. The number of hydrogen-bond acceptors (Lipinski definition) is 8. The number of amides is 1. The number of halogens is 4. The van der Waals surface area contributed by atoms with E-state index in [9.17, 15) is 22.8 Å². The number of alkyl halides is 3. The van der Waals surface area contributed by atoms with Crippen LogP contribution in [0.1, 0.15) is 29.8 Å². The summed E-state index contributed by atoms with van der Waals surface area (Å²) in [5.41, 5.74) is -2.16. The number of carbonyl (C=O) groups excluding carboxylic acids is 1. The summed E-state index contributed by atoms with van der Waals surface area (Å²) in [5.74, 6) is -1.23. The maximum atomic E-state index is 15.8.